The van der Waals surface area contributed by atoms with Crippen molar-refractivity contribution in [2.75, 3.05) is 6.54 Å². The molecule has 2 heterocycles. The van der Waals surface area contributed by atoms with Gasteiger partial charge in [0.05, 0.1) is 5.69 Å². The Morgan fingerprint density at radius 2 is 2.20 bits per heavy atom. The van der Waals surface area contributed by atoms with Crippen LogP contribution in [0.2, 0.25) is 0 Å². The monoisotopic (exact) mass is 293 g/mol. The third kappa shape index (κ3) is 3.41. The average Bonchev–Trinajstić information content (AvgIpc) is 3.05. The summed E-state index contributed by atoms with van der Waals surface area (Å²) in [4.78, 5) is 7.49. The molecule has 1 aliphatic carbocycles. The van der Waals surface area contributed by atoms with Gasteiger partial charge in [0.15, 0.2) is 0 Å². The number of thiazole rings is 1. The molecular formula is C16H27N3S. The first-order valence-electron chi connectivity index (χ1n) is 8.13. The van der Waals surface area contributed by atoms with Crippen molar-refractivity contribution in [3.05, 3.63) is 16.1 Å². The molecule has 1 aliphatic heterocycles. The van der Waals surface area contributed by atoms with Crippen LogP contribution in [0.5, 0.6) is 0 Å². The molecule has 1 aromatic rings. The Kier molecular flexibility index (Phi) is 4.74. The molecule has 2 aliphatic rings. The second-order valence-electron chi connectivity index (χ2n) is 6.64. The van der Waals surface area contributed by atoms with Gasteiger partial charge in [0.1, 0.15) is 5.01 Å². The molecule has 3 rings (SSSR count). The lowest BCUT2D eigenvalue weighted by Gasteiger charge is -2.31. The van der Waals surface area contributed by atoms with Crippen molar-refractivity contribution < 1.29 is 0 Å². The molecular weight excluding hydrogens is 266 g/mol. The van der Waals surface area contributed by atoms with Crippen molar-refractivity contribution in [3.8, 4) is 0 Å². The van der Waals surface area contributed by atoms with E-state index in [2.05, 4.69) is 29.4 Å². The van der Waals surface area contributed by atoms with Crippen LogP contribution < -0.4 is 5.32 Å². The summed E-state index contributed by atoms with van der Waals surface area (Å²) in [6.45, 7) is 7.63. The number of likely N-dealkylation sites (tertiary alicyclic amines) is 1. The number of hydrogen-bond acceptors (Lipinski definition) is 4. The van der Waals surface area contributed by atoms with E-state index in [4.69, 9.17) is 4.98 Å². The van der Waals surface area contributed by atoms with Gasteiger partial charge in [0.2, 0.25) is 0 Å². The van der Waals surface area contributed by atoms with Crippen LogP contribution >= 0.6 is 11.3 Å². The van der Waals surface area contributed by atoms with Crippen LogP contribution in [-0.4, -0.2) is 28.5 Å². The van der Waals surface area contributed by atoms with Crippen LogP contribution in [0.1, 0.15) is 56.7 Å². The average molecular weight is 293 g/mol. The number of hydrogen-bond donors (Lipinski definition) is 1. The topological polar surface area (TPSA) is 28.2 Å². The minimum Gasteiger partial charge on any atom is -0.308 e. The molecule has 1 saturated heterocycles. The van der Waals surface area contributed by atoms with Gasteiger partial charge in [0, 0.05) is 30.6 Å². The lowest BCUT2D eigenvalue weighted by Crippen LogP contribution is -2.34. The van der Waals surface area contributed by atoms with E-state index in [1.54, 1.807) is 11.3 Å². The molecule has 2 fully saturated rings. The third-order valence-corrected chi connectivity index (χ3v) is 5.65. The predicted molar refractivity (Wildman–Crippen MR) is 84.9 cm³/mol. The highest BCUT2D eigenvalue weighted by molar-refractivity contribution is 7.09. The van der Waals surface area contributed by atoms with E-state index in [0.717, 1.165) is 25.0 Å². The van der Waals surface area contributed by atoms with Crippen molar-refractivity contribution >= 4 is 11.3 Å². The van der Waals surface area contributed by atoms with Gasteiger partial charge in [-0.1, -0.05) is 26.7 Å². The van der Waals surface area contributed by atoms with E-state index in [0.29, 0.717) is 6.04 Å². The minimum atomic E-state index is 0.531. The fourth-order valence-corrected chi connectivity index (χ4v) is 4.44. The highest BCUT2D eigenvalue weighted by atomic mass is 32.1. The molecule has 2 atom stereocenters. The molecule has 1 N–H and O–H groups in total. The molecule has 4 heteroatoms. The number of fused-ring (bicyclic) bond motifs is 1. The summed E-state index contributed by atoms with van der Waals surface area (Å²) < 4.78 is 0. The molecule has 0 radical (unpaired) electrons. The smallest absolute Gasteiger partial charge is 0.107 e. The molecule has 0 bridgehead atoms. The first kappa shape index (κ1) is 14.5. The van der Waals surface area contributed by atoms with Crippen LogP contribution in [0.3, 0.4) is 0 Å². The highest BCUT2D eigenvalue weighted by Crippen LogP contribution is 2.36. The molecule has 0 spiro atoms. The quantitative estimate of drug-likeness (QED) is 0.902. The largest absolute Gasteiger partial charge is 0.308 e. The molecule has 1 aromatic heterocycles. The summed E-state index contributed by atoms with van der Waals surface area (Å²) >= 11 is 1.80. The number of nitrogens with zero attached hydrogens (tertiary/aromatic N) is 2. The van der Waals surface area contributed by atoms with Gasteiger partial charge in [-0.25, -0.2) is 4.98 Å². The molecule has 20 heavy (non-hydrogen) atoms. The van der Waals surface area contributed by atoms with Gasteiger partial charge >= 0.3 is 0 Å². The van der Waals surface area contributed by atoms with Gasteiger partial charge in [-0.3, -0.25) is 4.90 Å². The fraction of sp³-hybridized carbons (Fsp3) is 0.812. The molecule has 1 saturated carbocycles. The van der Waals surface area contributed by atoms with Gasteiger partial charge in [-0.2, -0.15) is 0 Å². The summed E-state index contributed by atoms with van der Waals surface area (Å²) in [5.74, 6) is 0.976. The molecule has 0 aromatic carbocycles. The van der Waals surface area contributed by atoms with Crippen molar-refractivity contribution in [2.24, 2.45) is 5.92 Å². The lowest BCUT2D eigenvalue weighted by molar-refractivity contribution is 0.174. The number of rotatable bonds is 5. The van der Waals surface area contributed by atoms with E-state index in [1.165, 1.54) is 49.4 Å². The zero-order chi connectivity index (χ0) is 13.9. The maximum absolute atomic E-state index is 4.80. The van der Waals surface area contributed by atoms with E-state index in [1.807, 2.05) is 0 Å². The van der Waals surface area contributed by atoms with Crippen LogP contribution in [0.4, 0.5) is 0 Å². The summed E-state index contributed by atoms with van der Waals surface area (Å²) in [7, 11) is 0. The molecule has 3 nitrogen and oxygen atoms in total. The Morgan fingerprint density at radius 1 is 1.35 bits per heavy atom. The highest BCUT2D eigenvalue weighted by Gasteiger charge is 2.35. The fourth-order valence-electron chi connectivity index (χ4n) is 3.70. The Hall–Kier alpha value is -0.450. The molecule has 0 amide bonds. The first-order chi connectivity index (χ1) is 9.72. The SMILES string of the molecule is CC(C)NCc1nc(CN2CCC3CCCCC32)cs1. The first-order valence-corrected chi connectivity index (χ1v) is 9.01. The molecule has 2 unspecified atom stereocenters. The van der Waals surface area contributed by atoms with E-state index in [-0.39, 0.29) is 0 Å². The van der Waals surface area contributed by atoms with Crippen molar-refractivity contribution in [3.63, 3.8) is 0 Å². The van der Waals surface area contributed by atoms with Crippen LogP contribution in [0.15, 0.2) is 5.38 Å². The Bertz CT molecular complexity index is 429. The summed E-state index contributed by atoms with van der Waals surface area (Å²) in [5.41, 5.74) is 1.28. The van der Waals surface area contributed by atoms with Gasteiger partial charge in [-0.05, 0) is 31.7 Å². The van der Waals surface area contributed by atoms with Crippen molar-refractivity contribution in [2.45, 2.75) is 71.1 Å². The number of aromatic nitrogens is 1. The zero-order valence-corrected chi connectivity index (χ0v) is 13.6. The van der Waals surface area contributed by atoms with Crippen LogP contribution in [0, 0.1) is 5.92 Å². The van der Waals surface area contributed by atoms with E-state index < -0.39 is 0 Å². The minimum absolute atomic E-state index is 0.531. The second-order valence-corrected chi connectivity index (χ2v) is 7.58. The van der Waals surface area contributed by atoms with Crippen molar-refractivity contribution in [1.82, 2.24) is 15.2 Å². The Balaban J connectivity index is 1.55. The molecule has 112 valence electrons. The van der Waals surface area contributed by atoms with Gasteiger partial charge in [0.25, 0.3) is 0 Å². The summed E-state index contributed by atoms with van der Waals surface area (Å²) in [6, 6.07) is 1.38. The van der Waals surface area contributed by atoms with Gasteiger partial charge in [-0.15, -0.1) is 11.3 Å². The normalized spacial score (nSPS) is 27.1. The van der Waals surface area contributed by atoms with E-state index in [9.17, 15) is 0 Å². The zero-order valence-electron chi connectivity index (χ0n) is 12.8. The maximum Gasteiger partial charge on any atom is 0.107 e. The predicted octanol–water partition coefficient (Wildman–Crippen LogP) is 3.41. The second kappa shape index (κ2) is 6.54. The third-order valence-electron chi connectivity index (χ3n) is 4.75. The summed E-state index contributed by atoms with van der Waals surface area (Å²) in [6.07, 6.45) is 7.17. The Morgan fingerprint density at radius 3 is 3.05 bits per heavy atom. The van der Waals surface area contributed by atoms with E-state index >= 15 is 0 Å². The summed E-state index contributed by atoms with van der Waals surface area (Å²) in [5, 5.41) is 6.94. The lowest BCUT2D eigenvalue weighted by atomic mass is 9.85. The Labute approximate surface area is 126 Å². The van der Waals surface area contributed by atoms with Crippen LogP contribution in [0.25, 0.3) is 0 Å². The van der Waals surface area contributed by atoms with Gasteiger partial charge < -0.3 is 5.32 Å². The number of nitrogens with one attached hydrogen (secondary N) is 1. The van der Waals surface area contributed by atoms with Crippen molar-refractivity contribution in [1.29, 1.82) is 0 Å². The van der Waals surface area contributed by atoms with Crippen LogP contribution in [-0.2, 0) is 13.1 Å². The maximum atomic E-state index is 4.80. The standard InChI is InChI=1S/C16H27N3S/c1-12(2)17-9-16-18-14(11-20-16)10-19-8-7-13-5-3-4-6-15(13)19/h11-13,15,17H,3-10H2,1-2H3.